The van der Waals surface area contributed by atoms with Crippen LogP contribution in [0.25, 0.3) is 0 Å². The number of aryl methyl sites for hydroxylation is 2. The maximum atomic E-state index is 13.0. The molecule has 2 aromatic carbocycles. The van der Waals surface area contributed by atoms with Crippen molar-refractivity contribution in [3.8, 4) is 0 Å². The Morgan fingerprint density at radius 1 is 1.14 bits per heavy atom. The van der Waals surface area contributed by atoms with Gasteiger partial charge >= 0.3 is 5.97 Å². The topological polar surface area (TPSA) is 46.5 Å². The van der Waals surface area contributed by atoms with Crippen LogP contribution in [0.15, 0.2) is 59.2 Å². The third-order valence-electron chi connectivity index (χ3n) is 5.49. The highest BCUT2D eigenvalue weighted by molar-refractivity contribution is 8.03. The van der Waals surface area contributed by atoms with Crippen LogP contribution in [0.4, 0.5) is 0 Å². The minimum atomic E-state index is -0.796. The summed E-state index contributed by atoms with van der Waals surface area (Å²) in [6.07, 6.45) is 1.93. The van der Waals surface area contributed by atoms with Crippen LogP contribution in [0.5, 0.6) is 0 Å². The second-order valence-electron chi connectivity index (χ2n) is 8.35. The van der Waals surface area contributed by atoms with E-state index < -0.39 is 11.6 Å². The van der Waals surface area contributed by atoms with Crippen molar-refractivity contribution >= 4 is 17.7 Å². The van der Waals surface area contributed by atoms with E-state index in [0.29, 0.717) is 29.4 Å². The fourth-order valence-corrected chi connectivity index (χ4v) is 4.69. The molecule has 1 unspecified atom stereocenters. The lowest BCUT2D eigenvalue weighted by Gasteiger charge is -2.38. The van der Waals surface area contributed by atoms with Crippen molar-refractivity contribution in [1.29, 1.82) is 0 Å². The summed E-state index contributed by atoms with van der Waals surface area (Å²) in [6, 6.07) is 16.1. The third-order valence-corrected chi connectivity index (χ3v) is 6.64. The minimum Gasteiger partial charge on any atom is -0.511 e. The zero-order chi connectivity index (χ0) is 21.0. The summed E-state index contributed by atoms with van der Waals surface area (Å²) in [5.41, 5.74) is 3.69. The molecule has 1 aliphatic rings. The first-order valence-corrected chi connectivity index (χ1v) is 11.2. The molecular formula is C25H30O3S. The molecule has 0 aromatic heterocycles. The molecule has 0 radical (unpaired) electrons. The second kappa shape index (κ2) is 9.08. The highest BCUT2D eigenvalue weighted by Crippen LogP contribution is 2.44. The zero-order valence-electron chi connectivity index (χ0n) is 17.7. The summed E-state index contributed by atoms with van der Waals surface area (Å²) in [6.45, 7) is 8.44. The number of esters is 1. The van der Waals surface area contributed by atoms with E-state index in [1.807, 2.05) is 30.3 Å². The first-order chi connectivity index (χ1) is 13.8. The monoisotopic (exact) mass is 410 g/mol. The van der Waals surface area contributed by atoms with E-state index in [9.17, 15) is 9.90 Å². The van der Waals surface area contributed by atoms with Crippen LogP contribution >= 0.6 is 11.8 Å². The smallest absolute Gasteiger partial charge is 0.348 e. The van der Waals surface area contributed by atoms with Crippen LogP contribution in [0, 0.1) is 19.8 Å². The molecule has 1 atom stereocenters. The number of ether oxygens (including phenoxy) is 1. The van der Waals surface area contributed by atoms with E-state index in [1.165, 1.54) is 28.5 Å². The third kappa shape index (κ3) is 5.05. The predicted octanol–water partition coefficient (Wildman–Crippen LogP) is 6.58. The first kappa shape index (κ1) is 21.5. The molecule has 3 rings (SSSR count). The molecule has 0 fully saturated rings. The molecule has 0 saturated heterocycles. The number of benzene rings is 2. The summed E-state index contributed by atoms with van der Waals surface area (Å²) in [4.78, 5) is 13.3. The van der Waals surface area contributed by atoms with E-state index in [1.54, 1.807) is 0 Å². The summed E-state index contributed by atoms with van der Waals surface area (Å²) >= 11 is 1.36. The largest absolute Gasteiger partial charge is 0.511 e. The second-order valence-corrected chi connectivity index (χ2v) is 9.34. The Kier molecular flexibility index (Phi) is 6.74. The van der Waals surface area contributed by atoms with Crippen LogP contribution in [-0.4, -0.2) is 11.1 Å². The summed E-state index contributed by atoms with van der Waals surface area (Å²) < 4.78 is 6.06. The molecule has 154 valence electrons. The van der Waals surface area contributed by atoms with Gasteiger partial charge in [-0.05, 0) is 49.3 Å². The molecule has 0 amide bonds. The van der Waals surface area contributed by atoms with Gasteiger partial charge in [-0.15, -0.1) is 11.8 Å². The number of rotatable bonds is 7. The van der Waals surface area contributed by atoms with Gasteiger partial charge < -0.3 is 9.84 Å². The molecule has 0 bridgehead atoms. The summed E-state index contributed by atoms with van der Waals surface area (Å²) in [7, 11) is 0. The molecule has 1 heterocycles. The Morgan fingerprint density at radius 3 is 2.52 bits per heavy atom. The number of thioether (sulfide) groups is 1. The van der Waals surface area contributed by atoms with Crippen LogP contribution in [0.1, 0.15) is 55.4 Å². The average Bonchev–Trinajstić information content (AvgIpc) is 2.69. The van der Waals surface area contributed by atoms with Gasteiger partial charge in [-0.2, -0.15) is 0 Å². The van der Waals surface area contributed by atoms with Crippen molar-refractivity contribution in [2.24, 2.45) is 5.92 Å². The van der Waals surface area contributed by atoms with Gasteiger partial charge in [0.15, 0.2) is 0 Å². The number of hydrogen-bond acceptors (Lipinski definition) is 4. The maximum Gasteiger partial charge on any atom is 0.348 e. The van der Waals surface area contributed by atoms with E-state index in [4.69, 9.17) is 4.74 Å². The fourth-order valence-electron chi connectivity index (χ4n) is 3.68. The lowest BCUT2D eigenvalue weighted by molar-refractivity contribution is -0.160. The standard InChI is InChI=1S/C25H30O3S/c1-17(2)12-13-25(21-8-6-5-7-9-21)15-22(26)23(24(27)28-25)29-16-20-14-18(3)10-11-19(20)4/h5-11,14,17,26H,12-13,15-16H2,1-4H3. The zero-order valence-corrected chi connectivity index (χ0v) is 18.5. The number of carbonyl (C=O) groups is 1. The van der Waals surface area contributed by atoms with Gasteiger partial charge in [-0.3, -0.25) is 0 Å². The highest BCUT2D eigenvalue weighted by Gasteiger charge is 2.43. The molecule has 0 saturated carbocycles. The van der Waals surface area contributed by atoms with Crippen molar-refractivity contribution < 1.29 is 14.6 Å². The lowest BCUT2D eigenvalue weighted by Crippen LogP contribution is -2.37. The fraction of sp³-hybridized carbons (Fsp3) is 0.400. The Bertz CT molecular complexity index is 902. The molecule has 0 aliphatic carbocycles. The van der Waals surface area contributed by atoms with Crippen molar-refractivity contribution in [2.45, 2.75) is 58.3 Å². The SMILES string of the molecule is Cc1ccc(C)c(CSC2=C(O)CC(CCC(C)C)(c3ccccc3)OC2=O)c1. The number of aliphatic hydroxyl groups excluding tert-OH is 1. The van der Waals surface area contributed by atoms with Crippen LogP contribution in [0.2, 0.25) is 0 Å². The molecule has 3 nitrogen and oxygen atoms in total. The molecule has 2 aromatic rings. The molecule has 0 spiro atoms. The Balaban J connectivity index is 1.85. The van der Waals surface area contributed by atoms with Gasteiger partial charge in [0.2, 0.25) is 0 Å². The van der Waals surface area contributed by atoms with Gasteiger partial charge in [-0.1, -0.05) is 67.9 Å². The van der Waals surface area contributed by atoms with Crippen LogP contribution in [-0.2, 0) is 20.9 Å². The normalized spacial score (nSPS) is 19.6. The van der Waals surface area contributed by atoms with Gasteiger partial charge in [0.1, 0.15) is 16.3 Å². The van der Waals surface area contributed by atoms with Gasteiger partial charge in [-0.25, -0.2) is 4.79 Å². The number of cyclic esters (lactones) is 1. The minimum absolute atomic E-state index is 0.143. The number of aliphatic hydroxyl groups is 1. The average molecular weight is 411 g/mol. The quantitative estimate of drug-likeness (QED) is 0.523. The van der Waals surface area contributed by atoms with Crippen molar-refractivity contribution in [1.82, 2.24) is 0 Å². The Labute approximate surface area is 178 Å². The molecule has 1 aliphatic heterocycles. The predicted molar refractivity (Wildman–Crippen MR) is 120 cm³/mol. The number of carbonyl (C=O) groups excluding carboxylic acids is 1. The summed E-state index contributed by atoms with van der Waals surface area (Å²) in [5, 5.41) is 10.9. The van der Waals surface area contributed by atoms with Gasteiger partial charge in [0.05, 0.1) is 6.42 Å². The summed E-state index contributed by atoms with van der Waals surface area (Å²) in [5.74, 6) is 0.841. The number of hydrogen-bond donors (Lipinski definition) is 1. The van der Waals surface area contributed by atoms with Crippen LogP contribution in [0.3, 0.4) is 0 Å². The molecule has 29 heavy (non-hydrogen) atoms. The van der Waals surface area contributed by atoms with Crippen molar-refractivity contribution in [3.63, 3.8) is 0 Å². The van der Waals surface area contributed by atoms with E-state index in [-0.39, 0.29) is 5.76 Å². The maximum absolute atomic E-state index is 13.0. The van der Waals surface area contributed by atoms with Gasteiger partial charge in [0.25, 0.3) is 0 Å². The highest BCUT2D eigenvalue weighted by atomic mass is 32.2. The molecular weight excluding hydrogens is 380 g/mol. The van der Waals surface area contributed by atoms with E-state index in [0.717, 1.165) is 12.0 Å². The Morgan fingerprint density at radius 2 is 1.86 bits per heavy atom. The van der Waals surface area contributed by atoms with Crippen LogP contribution < -0.4 is 0 Å². The first-order valence-electron chi connectivity index (χ1n) is 10.2. The Hall–Kier alpha value is -2.20. The molecule has 4 heteroatoms. The van der Waals surface area contributed by atoms with Crippen molar-refractivity contribution in [3.05, 3.63) is 81.4 Å². The lowest BCUT2D eigenvalue weighted by atomic mass is 9.82. The van der Waals surface area contributed by atoms with E-state index >= 15 is 0 Å². The van der Waals surface area contributed by atoms with Gasteiger partial charge in [0, 0.05) is 5.75 Å². The van der Waals surface area contributed by atoms with Crippen molar-refractivity contribution in [2.75, 3.05) is 0 Å². The van der Waals surface area contributed by atoms with E-state index in [2.05, 4.69) is 45.9 Å². The molecule has 1 N–H and O–H groups in total.